The van der Waals surface area contributed by atoms with Crippen LogP contribution in [0.5, 0.6) is 0 Å². The van der Waals surface area contributed by atoms with E-state index in [-0.39, 0.29) is 5.41 Å². The fourth-order valence-electron chi connectivity index (χ4n) is 3.42. The molecule has 0 radical (unpaired) electrons. The minimum atomic E-state index is -0.595. The zero-order valence-electron chi connectivity index (χ0n) is 12.0. The Bertz CT molecular complexity index is 229. The molecule has 0 aliphatic heterocycles. The van der Waals surface area contributed by atoms with Crippen molar-refractivity contribution in [3.63, 3.8) is 0 Å². The van der Waals surface area contributed by atoms with Crippen LogP contribution in [0.1, 0.15) is 90.4 Å². The molecule has 0 aromatic rings. The van der Waals surface area contributed by atoms with E-state index in [1.807, 2.05) is 0 Å². The van der Waals surface area contributed by atoms with Crippen molar-refractivity contribution < 1.29 is 9.90 Å². The Labute approximate surface area is 112 Å². The summed E-state index contributed by atoms with van der Waals surface area (Å²) in [7, 11) is 0. The Kier molecular flexibility index (Phi) is 7.38. The van der Waals surface area contributed by atoms with Gasteiger partial charge in [0, 0.05) is 0 Å². The van der Waals surface area contributed by atoms with Gasteiger partial charge in [0.05, 0.1) is 6.42 Å². The van der Waals surface area contributed by atoms with Crippen molar-refractivity contribution >= 4 is 5.97 Å². The van der Waals surface area contributed by atoms with Crippen molar-refractivity contribution in [3.8, 4) is 0 Å². The summed E-state index contributed by atoms with van der Waals surface area (Å²) < 4.78 is 0. The maximum Gasteiger partial charge on any atom is 0.303 e. The molecule has 2 heteroatoms. The number of aliphatic carboxylic acids is 1. The molecule has 0 aromatic carbocycles. The van der Waals surface area contributed by atoms with Gasteiger partial charge in [-0.15, -0.1) is 0 Å². The molecule has 0 spiro atoms. The number of unbranched alkanes of at least 4 members (excludes halogenated alkanes) is 5. The van der Waals surface area contributed by atoms with Gasteiger partial charge in [0.15, 0.2) is 0 Å². The van der Waals surface area contributed by atoms with Crippen molar-refractivity contribution in [2.75, 3.05) is 0 Å². The van der Waals surface area contributed by atoms with Crippen LogP contribution in [0, 0.1) is 5.41 Å². The molecular weight excluding hydrogens is 224 g/mol. The van der Waals surface area contributed by atoms with Gasteiger partial charge in [0.1, 0.15) is 0 Å². The Morgan fingerprint density at radius 1 is 1.00 bits per heavy atom. The Morgan fingerprint density at radius 2 is 1.61 bits per heavy atom. The number of carboxylic acids is 1. The normalized spacial score (nSPS) is 18.7. The smallest absolute Gasteiger partial charge is 0.303 e. The van der Waals surface area contributed by atoms with E-state index in [0.717, 1.165) is 19.3 Å². The van der Waals surface area contributed by atoms with Crippen molar-refractivity contribution in [2.24, 2.45) is 5.41 Å². The third-order valence-electron chi connectivity index (χ3n) is 4.50. The maximum atomic E-state index is 11.0. The average molecular weight is 254 g/mol. The molecule has 1 fully saturated rings. The van der Waals surface area contributed by atoms with Crippen molar-refractivity contribution in [1.29, 1.82) is 0 Å². The highest BCUT2D eigenvalue weighted by molar-refractivity contribution is 5.67. The lowest BCUT2D eigenvalue weighted by Gasteiger charge is -2.36. The molecule has 18 heavy (non-hydrogen) atoms. The molecule has 0 bridgehead atoms. The van der Waals surface area contributed by atoms with E-state index in [4.69, 9.17) is 5.11 Å². The Balaban J connectivity index is 2.25. The fraction of sp³-hybridized carbons (Fsp3) is 0.938. The second-order valence-electron chi connectivity index (χ2n) is 6.15. The van der Waals surface area contributed by atoms with E-state index in [2.05, 4.69) is 6.92 Å². The number of rotatable bonds is 9. The van der Waals surface area contributed by atoms with Gasteiger partial charge >= 0.3 is 5.97 Å². The predicted octanol–water partition coefficient (Wildman–Crippen LogP) is 5.16. The summed E-state index contributed by atoms with van der Waals surface area (Å²) in [4.78, 5) is 11.0. The first-order chi connectivity index (χ1) is 8.68. The summed E-state index contributed by atoms with van der Waals surface area (Å²) in [5, 5.41) is 9.10. The largest absolute Gasteiger partial charge is 0.481 e. The SMILES string of the molecule is CCCCCCCCC1(CC(=O)O)CCCCC1. The summed E-state index contributed by atoms with van der Waals surface area (Å²) >= 11 is 0. The van der Waals surface area contributed by atoms with E-state index in [1.165, 1.54) is 57.8 Å². The molecule has 1 aliphatic carbocycles. The first-order valence-corrected chi connectivity index (χ1v) is 7.90. The summed E-state index contributed by atoms with van der Waals surface area (Å²) in [6.07, 6.45) is 15.5. The molecule has 0 unspecified atom stereocenters. The zero-order chi connectivity index (χ0) is 13.3. The molecule has 1 rings (SSSR count). The molecule has 0 amide bonds. The van der Waals surface area contributed by atoms with Gasteiger partial charge < -0.3 is 5.11 Å². The van der Waals surface area contributed by atoms with Crippen LogP contribution in [0.15, 0.2) is 0 Å². The van der Waals surface area contributed by atoms with E-state index >= 15 is 0 Å². The zero-order valence-corrected chi connectivity index (χ0v) is 12.0. The molecule has 0 aromatic heterocycles. The highest BCUT2D eigenvalue weighted by Crippen LogP contribution is 2.43. The fourth-order valence-corrected chi connectivity index (χ4v) is 3.42. The molecule has 1 N–H and O–H groups in total. The van der Waals surface area contributed by atoms with Gasteiger partial charge in [0.25, 0.3) is 0 Å². The van der Waals surface area contributed by atoms with Gasteiger partial charge in [-0.3, -0.25) is 4.79 Å². The van der Waals surface area contributed by atoms with Gasteiger partial charge in [-0.25, -0.2) is 0 Å². The standard InChI is InChI=1S/C16H30O2/c1-2-3-4-5-6-8-11-16(14-15(17)18)12-9-7-10-13-16/h2-14H2,1H3,(H,17,18). The van der Waals surface area contributed by atoms with Gasteiger partial charge in [-0.05, 0) is 24.7 Å². The number of carboxylic acid groups (broad SMARTS) is 1. The second-order valence-corrected chi connectivity index (χ2v) is 6.15. The first-order valence-electron chi connectivity index (χ1n) is 7.90. The number of carbonyl (C=O) groups is 1. The maximum absolute atomic E-state index is 11.0. The molecular formula is C16H30O2. The van der Waals surface area contributed by atoms with Crippen LogP contribution in [0.3, 0.4) is 0 Å². The lowest BCUT2D eigenvalue weighted by molar-refractivity contribution is -0.140. The monoisotopic (exact) mass is 254 g/mol. The Hall–Kier alpha value is -0.530. The van der Waals surface area contributed by atoms with Crippen LogP contribution in [0.2, 0.25) is 0 Å². The van der Waals surface area contributed by atoms with E-state index in [1.54, 1.807) is 0 Å². The minimum absolute atomic E-state index is 0.148. The van der Waals surface area contributed by atoms with Crippen LogP contribution in [0.25, 0.3) is 0 Å². The molecule has 0 heterocycles. The topological polar surface area (TPSA) is 37.3 Å². The van der Waals surface area contributed by atoms with Gasteiger partial charge in [-0.2, -0.15) is 0 Å². The predicted molar refractivity (Wildman–Crippen MR) is 75.8 cm³/mol. The highest BCUT2D eigenvalue weighted by Gasteiger charge is 2.33. The minimum Gasteiger partial charge on any atom is -0.481 e. The van der Waals surface area contributed by atoms with Crippen LogP contribution in [-0.2, 0) is 4.79 Å². The lowest BCUT2D eigenvalue weighted by atomic mass is 9.69. The van der Waals surface area contributed by atoms with E-state index < -0.39 is 5.97 Å². The summed E-state index contributed by atoms with van der Waals surface area (Å²) in [5.41, 5.74) is 0.148. The van der Waals surface area contributed by atoms with Gasteiger partial charge in [-0.1, -0.05) is 64.7 Å². The van der Waals surface area contributed by atoms with Crippen LogP contribution in [-0.4, -0.2) is 11.1 Å². The van der Waals surface area contributed by atoms with Crippen molar-refractivity contribution in [2.45, 2.75) is 90.4 Å². The number of hydrogen-bond acceptors (Lipinski definition) is 1. The quantitative estimate of drug-likeness (QED) is 0.577. The molecule has 2 nitrogen and oxygen atoms in total. The lowest BCUT2D eigenvalue weighted by Crippen LogP contribution is -2.27. The second kappa shape index (κ2) is 8.55. The highest BCUT2D eigenvalue weighted by atomic mass is 16.4. The molecule has 1 saturated carbocycles. The molecule has 0 saturated heterocycles. The molecule has 0 atom stereocenters. The summed E-state index contributed by atoms with van der Waals surface area (Å²) in [6, 6.07) is 0. The third kappa shape index (κ3) is 5.88. The van der Waals surface area contributed by atoms with Crippen molar-refractivity contribution in [1.82, 2.24) is 0 Å². The van der Waals surface area contributed by atoms with E-state index in [0.29, 0.717) is 6.42 Å². The summed E-state index contributed by atoms with van der Waals surface area (Å²) in [5.74, 6) is -0.595. The van der Waals surface area contributed by atoms with Crippen LogP contribution in [0.4, 0.5) is 0 Å². The third-order valence-corrected chi connectivity index (χ3v) is 4.50. The van der Waals surface area contributed by atoms with Gasteiger partial charge in [0.2, 0.25) is 0 Å². The van der Waals surface area contributed by atoms with Crippen molar-refractivity contribution in [3.05, 3.63) is 0 Å². The van der Waals surface area contributed by atoms with Crippen LogP contribution < -0.4 is 0 Å². The average Bonchev–Trinajstić information content (AvgIpc) is 2.34. The van der Waals surface area contributed by atoms with E-state index in [9.17, 15) is 4.79 Å². The number of hydrogen-bond donors (Lipinski definition) is 1. The van der Waals surface area contributed by atoms with Crippen LogP contribution >= 0.6 is 0 Å². The Morgan fingerprint density at radius 3 is 2.22 bits per heavy atom. The first kappa shape index (κ1) is 15.5. The molecule has 1 aliphatic rings. The molecule has 106 valence electrons. The summed E-state index contributed by atoms with van der Waals surface area (Å²) in [6.45, 7) is 2.24.